The summed E-state index contributed by atoms with van der Waals surface area (Å²) in [5.41, 5.74) is -0.159. The zero-order valence-corrected chi connectivity index (χ0v) is 10.00. The Morgan fingerprint density at radius 1 is 1.25 bits per heavy atom. The summed E-state index contributed by atoms with van der Waals surface area (Å²) in [6.07, 6.45) is 0.642. The molecular weight excluding hydrogens is 237 g/mol. The third-order valence-corrected chi connectivity index (χ3v) is 2.22. The minimum Gasteiger partial charge on any atom is -0.166 e. The highest BCUT2D eigenvalue weighted by Gasteiger charge is 2.31. The summed E-state index contributed by atoms with van der Waals surface area (Å²) in [5, 5.41) is 0.0350. The van der Waals surface area contributed by atoms with Gasteiger partial charge in [0.1, 0.15) is 0 Å². The van der Waals surface area contributed by atoms with Gasteiger partial charge in [0.05, 0.1) is 5.56 Å². The number of alkyl halides is 3. The molecule has 0 heterocycles. The zero-order chi connectivity index (χ0) is 12.9. The largest absolute Gasteiger partial charge is 0.416 e. The first-order chi connectivity index (χ1) is 7.36. The lowest BCUT2D eigenvalue weighted by Gasteiger charge is -2.09. The summed E-state index contributed by atoms with van der Waals surface area (Å²) in [6.45, 7) is 5.58. The highest BCUT2D eigenvalue weighted by atomic mass is 35.5. The molecule has 0 aliphatic rings. The van der Waals surface area contributed by atoms with Crippen LogP contribution in [0.3, 0.4) is 0 Å². The van der Waals surface area contributed by atoms with Gasteiger partial charge in [-0.25, -0.2) is 0 Å². The van der Waals surface area contributed by atoms with Crippen molar-refractivity contribution in [2.45, 2.75) is 26.9 Å². The minimum atomic E-state index is -4.41. The zero-order valence-electron chi connectivity index (χ0n) is 9.24. The van der Waals surface area contributed by atoms with E-state index in [-0.39, 0.29) is 10.6 Å². The predicted octanol–water partition coefficient (Wildman–Crippen LogP) is 4.67. The first-order valence-electron chi connectivity index (χ1n) is 4.70. The van der Waals surface area contributed by atoms with Crippen LogP contribution in [-0.2, 0) is 6.18 Å². The Kier molecular flexibility index (Phi) is 5.40. The van der Waals surface area contributed by atoms with Crippen molar-refractivity contribution in [2.24, 2.45) is 0 Å². The van der Waals surface area contributed by atoms with E-state index in [1.165, 1.54) is 0 Å². The van der Waals surface area contributed by atoms with Crippen LogP contribution in [0, 0.1) is 19.3 Å². The van der Waals surface area contributed by atoms with Crippen molar-refractivity contribution in [3.63, 3.8) is 0 Å². The van der Waals surface area contributed by atoms with E-state index in [1.54, 1.807) is 6.92 Å². The number of terminal acetylenes is 1. The number of benzene rings is 1. The molecule has 0 bridgehead atoms. The van der Waals surface area contributed by atoms with Crippen LogP contribution < -0.4 is 0 Å². The van der Waals surface area contributed by atoms with Crippen molar-refractivity contribution < 1.29 is 13.2 Å². The Bertz CT molecular complexity index is 400. The van der Waals surface area contributed by atoms with E-state index < -0.39 is 11.7 Å². The second-order valence-corrected chi connectivity index (χ2v) is 3.18. The lowest BCUT2D eigenvalue weighted by molar-refractivity contribution is -0.137. The lowest BCUT2D eigenvalue weighted by atomic mass is 10.1. The third-order valence-electron chi connectivity index (χ3n) is 1.83. The van der Waals surface area contributed by atoms with Crippen LogP contribution in [0.15, 0.2) is 12.1 Å². The normalized spacial score (nSPS) is 10.1. The number of halogens is 4. The van der Waals surface area contributed by atoms with Crippen LogP contribution in [0.4, 0.5) is 13.2 Å². The van der Waals surface area contributed by atoms with Crippen LogP contribution in [0.25, 0.3) is 0 Å². The van der Waals surface area contributed by atoms with Crippen LogP contribution in [0.2, 0.25) is 5.02 Å². The molecule has 4 heteroatoms. The van der Waals surface area contributed by atoms with Gasteiger partial charge in [0.25, 0.3) is 0 Å². The summed E-state index contributed by atoms with van der Waals surface area (Å²) >= 11 is 5.61. The van der Waals surface area contributed by atoms with Gasteiger partial charge in [-0.05, 0) is 24.6 Å². The molecule has 88 valence electrons. The van der Waals surface area contributed by atoms with Crippen molar-refractivity contribution in [1.82, 2.24) is 0 Å². The van der Waals surface area contributed by atoms with Gasteiger partial charge in [0.2, 0.25) is 0 Å². The average molecular weight is 249 g/mol. The fourth-order valence-corrected chi connectivity index (χ4v) is 1.21. The Morgan fingerprint density at radius 2 is 1.75 bits per heavy atom. The molecule has 0 unspecified atom stereocenters. The van der Waals surface area contributed by atoms with E-state index in [1.807, 2.05) is 13.8 Å². The van der Waals surface area contributed by atoms with Crippen LogP contribution >= 0.6 is 11.6 Å². The number of rotatable bonds is 0. The van der Waals surface area contributed by atoms with Crippen molar-refractivity contribution in [2.75, 3.05) is 0 Å². The van der Waals surface area contributed by atoms with E-state index in [0.29, 0.717) is 5.56 Å². The van der Waals surface area contributed by atoms with E-state index in [2.05, 4.69) is 5.92 Å². The molecule has 1 aromatic carbocycles. The molecule has 0 nitrogen and oxygen atoms in total. The standard InChI is InChI=1S/C10H6ClF3.C2H6/c1-3-7-4-8(10(12,13)14)5-9(11)6(7)2;1-2/h1,4-5H,2H3;1-2H3. The maximum Gasteiger partial charge on any atom is 0.416 e. The highest BCUT2D eigenvalue weighted by molar-refractivity contribution is 6.31. The minimum absolute atomic E-state index is 0.0350. The van der Waals surface area contributed by atoms with Gasteiger partial charge in [0.15, 0.2) is 0 Å². The molecule has 0 amide bonds. The van der Waals surface area contributed by atoms with Gasteiger partial charge in [-0.2, -0.15) is 13.2 Å². The molecule has 1 aromatic rings. The van der Waals surface area contributed by atoms with E-state index in [9.17, 15) is 13.2 Å². The summed E-state index contributed by atoms with van der Waals surface area (Å²) in [5.74, 6) is 2.16. The Balaban J connectivity index is 0.00000106. The molecule has 0 atom stereocenters. The molecule has 0 N–H and O–H groups in total. The second kappa shape index (κ2) is 5.81. The second-order valence-electron chi connectivity index (χ2n) is 2.77. The number of hydrogen-bond acceptors (Lipinski definition) is 0. The van der Waals surface area contributed by atoms with Gasteiger partial charge in [-0.15, -0.1) is 6.42 Å². The molecular formula is C12H12ClF3. The van der Waals surface area contributed by atoms with Gasteiger partial charge in [-0.1, -0.05) is 31.4 Å². The van der Waals surface area contributed by atoms with Crippen LogP contribution in [0.5, 0.6) is 0 Å². The number of hydrogen-bond donors (Lipinski definition) is 0. The monoisotopic (exact) mass is 248 g/mol. The van der Waals surface area contributed by atoms with E-state index in [4.69, 9.17) is 18.0 Å². The predicted molar refractivity (Wildman–Crippen MR) is 60.5 cm³/mol. The molecule has 1 rings (SSSR count). The van der Waals surface area contributed by atoms with Crippen molar-refractivity contribution in [1.29, 1.82) is 0 Å². The summed E-state index contributed by atoms with van der Waals surface area (Å²) in [6, 6.07) is 1.79. The van der Waals surface area contributed by atoms with Crippen LogP contribution in [0.1, 0.15) is 30.5 Å². The summed E-state index contributed by atoms with van der Waals surface area (Å²) in [7, 11) is 0. The first kappa shape index (κ1) is 14.9. The first-order valence-corrected chi connectivity index (χ1v) is 5.08. The van der Waals surface area contributed by atoms with E-state index >= 15 is 0 Å². The van der Waals surface area contributed by atoms with Crippen molar-refractivity contribution >= 4 is 11.6 Å². The molecule has 0 aliphatic heterocycles. The summed E-state index contributed by atoms with van der Waals surface area (Å²) < 4.78 is 36.9. The molecule has 0 fully saturated rings. The van der Waals surface area contributed by atoms with Crippen molar-refractivity contribution in [3.8, 4) is 12.3 Å². The quantitative estimate of drug-likeness (QED) is 0.585. The maximum atomic E-state index is 12.3. The molecule has 0 spiro atoms. The Labute approximate surface area is 98.4 Å². The SMILES string of the molecule is C#Cc1cc(C(F)(F)F)cc(Cl)c1C.CC. The average Bonchev–Trinajstić information content (AvgIpc) is 2.23. The molecule has 0 radical (unpaired) electrons. The fraction of sp³-hybridized carbons (Fsp3) is 0.333. The summed E-state index contributed by atoms with van der Waals surface area (Å²) in [4.78, 5) is 0. The topological polar surface area (TPSA) is 0 Å². The molecule has 0 saturated heterocycles. The Morgan fingerprint density at radius 3 is 2.12 bits per heavy atom. The van der Waals surface area contributed by atoms with Crippen LogP contribution in [-0.4, -0.2) is 0 Å². The fourth-order valence-electron chi connectivity index (χ4n) is 0.992. The van der Waals surface area contributed by atoms with Gasteiger partial charge in [-0.3, -0.25) is 0 Å². The molecule has 16 heavy (non-hydrogen) atoms. The van der Waals surface area contributed by atoms with Crippen molar-refractivity contribution in [3.05, 3.63) is 33.8 Å². The Hall–Kier alpha value is -1.14. The smallest absolute Gasteiger partial charge is 0.166 e. The van der Waals surface area contributed by atoms with Gasteiger partial charge in [0, 0.05) is 10.6 Å². The van der Waals surface area contributed by atoms with Gasteiger partial charge >= 0.3 is 6.18 Å². The maximum absolute atomic E-state index is 12.3. The lowest BCUT2D eigenvalue weighted by Crippen LogP contribution is -2.05. The van der Waals surface area contributed by atoms with Gasteiger partial charge < -0.3 is 0 Å². The highest BCUT2D eigenvalue weighted by Crippen LogP contribution is 2.33. The molecule has 0 aromatic heterocycles. The third kappa shape index (κ3) is 3.46. The molecule has 0 aliphatic carbocycles. The molecule has 0 saturated carbocycles. The van der Waals surface area contributed by atoms with E-state index in [0.717, 1.165) is 12.1 Å².